The predicted molar refractivity (Wildman–Crippen MR) is 127 cm³/mol. The van der Waals surface area contributed by atoms with Crippen LogP contribution in [0.15, 0.2) is 52.3 Å². The highest BCUT2D eigenvalue weighted by Crippen LogP contribution is 2.33. The minimum atomic E-state index is -3.92. The molecule has 1 aliphatic rings. The van der Waals surface area contributed by atoms with Gasteiger partial charge >= 0.3 is 5.97 Å². The van der Waals surface area contributed by atoms with Gasteiger partial charge in [0.25, 0.3) is 5.69 Å². The molecular formula is C22H27N3O6S2. The standard InChI is InChI=1S/C22H27N3O6S2/c1-4-31-22(26)15-32-21-9-8-19(13-20(21)25(27)28)33(29,30)23-10-11-24(17(3)14-23)18-7-5-6-16(2)12-18/h5-9,12-13,17H,4,10-11,14-15H2,1-3H3/t17-/m1/s1. The van der Waals surface area contributed by atoms with Gasteiger partial charge in [-0.2, -0.15) is 4.31 Å². The number of carbonyl (C=O) groups excluding carboxylic acids is 1. The van der Waals surface area contributed by atoms with E-state index in [0.29, 0.717) is 6.54 Å². The Morgan fingerprint density at radius 2 is 2.00 bits per heavy atom. The summed E-state index contributed by atoms with van der Waals surface area (Å²) >= 11 is 0.946. The van der Waals surface area contributed by atoms with Crippen molar-refractivity contribution in [3.63, 3.8) is 0 Å². The van der Waals surface area contributed by atoms with E-state index in [4.69, 9.17) is 4.74 Å². The number of piperazine rings is 1. The normalized spacial score (nSPS) is 17.1. The molecule has 178 valence electrons. The molecule has 0 N–H and O–H groups in total. The number of hydrogen-bond acceptors (Lipinski definition) is 8. The highest BCUT2D eigenvalue weighted by Gasteiger charge is 2.33. The Kier molecular flexibility index (Phi) is 7.98. The van der Waals surface area contributed by atoms with Crippen LogP contribution in [0.5, 0.6) is 0 Å². The molecule has 0 amide bonds. The third-order valence-corrected chi connectivity index (χ3v) is 8.24. The van der Waals surface area contributed by atoms with Crippen LogP contribution in [0, 0.1) is 17.0 Å². The molecule has 9 nitrogen and oxygen atoms in total. The summed E-state index contributed by atoms with van der Waals surface area (Å²) in [7, 11) is -3.92. The van der Waals surface area contributed by atoms with E-state index in [1.807, 2.05) is 32.0 Å². The quantitative estimate of drug-likeness (QED) is 0.238. The lowest BCUT2D eigenvalue weighted by atomic mass is 10.1. The molecule has 11 heteroatoms. The zero-order chi connectivity index (χ0) is 24.2. The zero-order valence-corrected chi connectivity index (χ0v) is 20.4. The van der Waals surface area contributed by atoms with Gasteiger partial charge in [-0.1, -0.05) is 12.1 Å². The first kappa shape index (κ1) is 25.0. The lowest BCUT2D eigenvalue weighted by Gasteiger charge is -2.40. The number of anilines is 1. The molecule has 0 aliphatic carbocycles. The van der Waals surface area contributed by atoms with E-state index in [0.717, 1.165) is 29.1 Å². The SMILES string of the molecule is CCOC(=O)CSc1ccc(S(=O)(=O)N2CCN(c3cccc(C)c3)[C@H](C)C2)cc1[N+](=O)[O-]. The fourth-order valence-electron chi connectivity index (χ4n) is 3.74. The van der Waals surface area contributed by atoms with Crippen LogP contribution >= 0.6 is 11.8 Å². The van der Waals surface area contributed by atoms with Crippen molar-refractivity contribution in [2.24, 2.45) is 0 Å². The number of benzene rings is 2. The lowest BCUT2D eigenvalue weighted by molar-refractivity contribution is -0.388. The molecule has 0 bridgehead atoms. The molecule has 1 fully saturated rings. The van der Waals surface area contributed by atoms with Crippen molar-refractivity contribution in [2.45, 2.75) is 36.6 Å². The molecule has 0 aromatic heterocycles. The maximum Gasteiger partial charge on any atom is 0.316 e. The van der Waals surface area contributed by atoms with Gasteiger partial charge in [0, 0.05) is 37.4 Å². The molecule has 0 unspecified atom stereocenters. The van der Waals surface area contributed by atoms with Gasteiger partial charge in [0.15, 0.2) is 0 Å². The molecule has 2 aromatic rings. The first-order valence-corrected chi connectivity index (χ1v) is 13.0. The van der Waals surface area contributed by atoms with E-state index >= 15 is 0 Å². The van der Waals surface area contributed by atoms with Crippen LogP contribution in [0.25, 0.3) is 0 Å². The number of carbonyl (C=O) groups is 1. The number of nitro groups is 1. The van der Waals surface area contributed by atoms with Gasteiger partial charge in [-0.25, -0.2) is 8.42 Å². The predicted octanol–water partition coefficient (Wildman–Crippen LogP) is 3.46. The third kappa shape index (κ3) is 5.84. The third-order valence-electron chi connectivity index (χ3n) is 5.34. The molecule has 1 heterocycles. The number of nitro benzene ring substituents is 1. The smallest absolute Gasteiger partial charge is 0.316 e. The summed E-state index contributed by atoms with van der Waals surface area (Å²) in [5.41, 5.74) is 1.82. The van der Waals surface area contributed by atoms with Crippen molar-refractivity contribution in [3.8, 4) is 0 Å². The van der Waals surface area contributed by atoms with Gasteiger partial charge in [0.05, 0.1) is 27.1 Å². The average molecular weight is 494 g/mol. The molecule has 0 spiro atoms. The van der Waals surface area contributed by atoms with E-state index < -0.39 is 20.9 Å². The van der Waals surface area contributed by atoms with Crippen LogP contribution in [-0.2, 0) is 19.6 Å². The molecule has 0 saturated carbocycles. The Labute approximate surface area is 197 Å². The summed E-state index contributed by atoms with van der Waals surface area (Å²) in [6, 6.07) is 11.8. The van der Waals surface area contributed by atoms with Crippen LogP contribution in [0.4, 0.5) is 11.4 Å². The highest BCUT2D eigenvalue weighted by molar-refractivity contribution is 8.00. The number of rotatable bonds is 8. The summed E-state index contributed by atoms with van der Waals surface area (Å²) in [5.74, 6) is -0.590. The number of thioether (sulfide) groups is 1. The highest BCUT2D eigenvalue weighted by atomic mass is 32.2. The summed E-state index contributed by atoms with van der Waals surface area (Å²) < 4.78 is 32.8. The van der Waals surface area contributed by atoms with E-state index in [2.05, 4.69) is 11.0 Å². The van der Waals surface area contributed by atoms with Crippen LogP contribution < -0.4 is 4.90 Å². The van der Waals surface area contributed by atoms with Gasteiger partial charge < -0.3 is 9.64 Å². The molecule has 1 atom stereocenters. The fourth-order valence-corrected chi connectivity index (χ4v) is 6.08. The van der Waals surface area contributed by atoms with Gasteiger partial charge in [-0.15, -0.1) is 11.8 Å². The van der Waals surface area contributed by atoms with E-state index in [-0.39, 0.29) is 47.0 Å². The minimum absolute atomic E-state index is 0.0651. The van der Waals surface area contributed by atoms with Crippen molar-refractivity contribution in [1.82, 2.24) is 4.31 Å². The van der Waals surface area contributed by atoms with E-state index in [1.165, 1.54) is 16.4 Å². The van der Waals surface area contributed by atoms with Crippen LogP contribution in [0.2, 0.25) is 0 Å². The van der Waals surface area contributed by atoms with Gasteiger partial charge in [-0.05, 0) is 50.6 Å². The van der Waals surface area contributed by atoms with Gasteiger partial charge in [0.2, 0.25) is 10.0 Å². The van der Waals surface area contributed by atoms with Crippen LogP contribution in [-0.4, -0.2) is 61.7 Å². The lowest BCUT2D eigenvalue weighted by Crippen LogP contribution is -2.53. The Balaban J connectivity index is 1.79. The Hall–Kier alpha value is -2.63. The van der Waals surface area contributed by atoms with Crippen molar-refractivity contribution in [2.75, 3.05) is 36.9 Å². The summed E-state index contributed by atoms with van der Waals surface area (Å²) in [6.07, 6.45) is 0. The number of sulfonamides is 1. The number of nitrogens with zero attached hydrogens (tertiary/aromatic N) is 3. The second-order valence-electron chi connectivity index (χ2n) is 7.72. The monoisotopic (exact) mass is 493 g/mol. The molecule has 0 radical (unpaired) electrons. The number of ether oxygens (including phenoxy) is 1. The first-order chi connectivity index (χ1) is 15.6. The summed E-state index contributed by atoms with van der Waals surface area (Å²) in [4.78, 5) is 24.8. The van der Waals surface area contributed by atoms with Gasteiger partial charge in [0.1, 0.15) is 0 Å². The topological polar surface area (TPSA) is 110 Å². The largest absolute Gasteiger partial charge is 0.465 e. The fraction of sp³-hybridized carbons (Fsp3) is 0.409. The van der Waals surface area contributed by atoms with Crippen molar-refractivity contribution < 1.29 is 22.9 Å². The van der Waals surface area contributed by atoms with Crippen LogP contribution in [0.3, 0.4) is 0 Å². The summed E-state index contributed by atoms with van der Waals surface area (Å²) in [5, 5.41) is 11.6. The number of hydrogen-bond donors (Lipinski definition) is 0. The van der Waals surface area contributed by atoms with Crippen molar-refractivity contribution in [3.05, 3.63) is 58.1 Å². The van der Waals surface area contributed by atoms with Crippen molar-refractivity contribution in [1.29, 1.82) is 0 Å². The van der Waals surface area contributed by atoms with Crippen LogP contribution in [0.1, 0.15) is 19.4 Å². The molecule has 2 aromatic carbocycles. The molecular weight excluding hydrogens is 466 g/mol. The Bertz CT molecular complexity index is 1140. The summed E-state index contributed by atoms with van der Waals surface area (Å²) in [6.45, 7) is 6.91. The maximum absolute atomic E-state index is 13.3. The number of aryl methyl sites for hydroxylation is 1. The average Bonchev–Trinajstić information content (AvgIpc) is 2.77. The minimum Gasteiger partial charge on any atom is -0.465 e. The Morgan fingerprint density at radius 1 is 1.24 bits per heavy atom. The molecule has 3 rings (SSSR count). The number of esters is 1. The van der Waals surface area contributed by atoms with E-state index in [9.17, 15) is 23.3 Å². The second kappa shape index (κ2) is 10.5. The Morgan fingerprint density at radius 3 is 2.64 bits per heavy atom. The maximum atomic E-state index is 13.3. The molecule has 33 heavy (non-hydrogen) atoms. The van der Waals surface area contributed by atoms with E-state index in [1.54, 1.807) is 6.92 Å². The first-order valence-electron chi connectivity index (χ1n) is 10.5. The zero-order valence-electron chi connectivity index (χ0n) is 18.8. The molecule has 1 saturated heterocycles. The molecule has 1 aliphatic heterocycles. The van der Waals surface area contributed by atoms with Crippen molar-refractivity contribution >= 4 is 39.1 Å². The second-order valence-corrected chi connectivity index (χ2v) is 10.7. The van der Waals surface area contributed by atoms with Gasteiger partial charge in [-0.3, -0.25) is 14.9 Å².